The van der Waals surface area contributed by atoms with Gasteiger partial charge in [0.25, 0.3) is 0 Å². The van der Waals surface area contributed by atoms with Gasteiger partial charge < -0.3 is 15.2 Å². The topological polar surface area (TPSA) is 88.4 Å². The standard InChI is InChI=1S/C26H26N4O3/c1-26(2,3)23-17-24(30(29-23)19-11-13-20(31)14-12-19)28-25(32)27-18-9-15-22(16-10-18)33-21-7-5-4-6-8-21/h4-17,31H,1-3H3,(H2,27,28,32). The molecular formula is C26H26N4O3. The molecule has 4 rings (SSSR count). The van der Waals surface area contributed by atoms with Crippen LogP contribution in [0.1, 0.15) is 26.5 Å². The normalized spacial score (nSPS) is 11.1. The molecule has 7 nitrogen and oxygen atoms in total. The third kappa shape index (κ3) is 5.51. The molecule has 7 heteroatoms. The zero-order chi connectivity index (χ0) is 23.4. The van der Waals surface area contributed by atoms with Gasteiger partial charge in [-0.3, -0.25) is 5.32 Å². The van der Waals surface area contributed by atoms with Crippen molar-refractivity contribution in [1.82, 2.24) is 9.78 Å². The number of ether oxygens (including phenoxy) is 1. The number of para-hydroxylation sites is 1. The van der Waals surface area contributed by atoms with Crippen LogP contribution in [0.15, 0.2) is 84.9 Å². The molecule has 0 saturated carbocycles. The van der Waals surface area contributed by atoms with Crippen molar-refractivity contribution < 1.29 is 14.6 Å². The maximum Gasteiger partial charge on any atom is 0.324 e. The van der Waals surface area contributed by atoms with Crippen molar-refractivity contribution >= 4 is 17.5 Å². The van der Waals surface area contributed by atoms with Gasteiger partial charge in [-0.15, -0.1) is 0 Å². The molecule has 0 bridgehead atoms. The van der Waals surface area contributed by atoms with Crippen molar-refractivity contribution in [1.29, 1.82) is 0 Å². The SMILES string of the molecule is CC(C)(C)c1cc(NC(=O)Nc2ccc(Oc3ccccc3)cc2)n(-c2ccc(O)cc2)n1. The Kier molecular flexibility index (Phi) is 6.04. The van der Waals surface area contributed by atoms with E-state index >= 15 is 0 Å². The van der Waals surface area contributed by atoms with Crippen molar-refractivity contribution in [2.45, 2.75) is 26.2 Å². The highest BCUT2D eigenvalue weighted by Crippen LogP contribution is 2.27. The smallest absolute Gasteiger partial charge is 0.324 e. The third-order valence-corrected chi connectivity index (χ3v) is 4.90. The number of carbonyl (C=O) groups excluding carboxylic acids is 1. The molecule has 0 unspecified atom stereocenters. The van der Waals surface area contributed by atoms with Gasteiger partial charge in [0.1, 0.15) is 23.1 Å². The lowest BCUT2D eigenvalue weighted by Gasteiger charge is -2.14. The maximum absolute atomic E-state index is 12.7. The first kappa shape index (κ1) is 22.0. The Hall–Kier alpha value is -4.26. The van der Waals surface area contributed by atoms with Gasteiger partial charge in [0.15, 0.2) is 0 Å². The summed E-state index contributed by atoms with van der Waals surface area (Å²) in [6.07, 6.45) is 0. The number of amides is 2. The predicted octanol–water partition coefficient (Wildman–Crippen LogP) is 6.31. The molecule has 33 heavy (non-hydrogen) atoms. The Morgan fingerprint density at radius 2 is 1.52 bits per heavy atom. The Morgan fingerprint density at radius 1 is 0.879 bits per heavy atom. The van der Waals surface area contributed by atoms with Crippen LogP contribution >= 0.6 is 0 Å². The highest BCUT2D eigenvalue weighted by atomic mass is 16.5. The van der Waals surface area contributed by atoms with Crippen LogP contribution in [0.2, 0.25) is 0 Å². The summed E-state index contributed by atoms with van der Waals surface area (Å²) in [6, 6.07) is 24.7. The Morgan fingerprint density at radius 3 is 2.15 bits per heavy atom. The van der Waals surface area contributed by atoms with E-state index in [4.69, 9.17) is 4.74 Å². The number of hydrogen-bond donors (Lipinski definition) is 3. The number of phenols is 1. The van der Waals surface area contributed by atoms with Crippen LogP contribution in [0.25, 0.3) is 5.69 Å². The molecule has 0 saturated heterocycles. The highest BCUT2D eigenvalue weighted by molar-refractivity contribution is 5.99. The van der Waals surface area contributed by atoms with E-state index in [0.29, 0.717) is 17.3 Å². The van der Waals surface area contributed by atoms with Crippen LogP contribution in [0.5, 0.6) is 17.2 Å². The fraction of sp³-hybridized carbons (Fsp3) is 0.154. The summed E-state index contributed by atoms with van der Waals surface area (Å²) in [6.45, 7) is 6.16. The van der Waals surface area contributed by atoms with Gasteiger partial charge in [0, 0.05) is 17.2 Å². The Bertz CT molecular complexity index is 1230. The fourth-order valence-corrected chi connectivity index (χ4v) is 3.14. The lowest BCUT2D eigenvalue weighted by molar-refractivity contribution is 0.262. The lowest BCUT2D eigenvalue weighted by Crippen LogP contribution is -2.21. The van der Waals surface area contributed by atoms with Crippen LogP contribution in [-0.2, 0) is 5.41 Å². The zero-order valence-electron chi connectivity index (χ0n) is 18.7. The zero-order valence-corrected chi connectivity index (χ0v) is 18.7. The monoisotopic (exact) mass is 442 g/mol. The molecule has 0 radical (unpaired) electrons. The number of nitrogens with one attached hydrogen (secondary N) is 2. The average molecular weight is 443 g/mol. The molecule has 4 aromatic rings. The second-order valence-corrected chi connectivity index (χ2v) is 8.61. The number of nitrogens with zero attached hydrogens (tertiary/aromatic N) is 2. The Labute approximate surface area is 192 Å². The van der Waals surface area contributed by atoms with E-state index in [9.17, 15) is 9.90 Å². The minimum Gasteiger partial charge on any atom is -0.508 e. The van der Waals surface area contributed by atoms with Crippen molar-refractivity contribution in [3.8, 4) is 22.9 Å². The minimum absolute atomic E-state index is 0.161. The summed E-state index contributed by atoms with van der Waals surface area (Å²) in [4.78, 5) is 12.7. The first-order chi connectivity index (χ1) is 15.8. The summed E-state index contributed by atoms with van der Waals surface area (Å²) in [7, 11) is 0. The number of rotatable bonds is 5. The molecule has 3 N–H and O–H groups in total. The van der Waals surface area contributed by atoms with Gasteiger partial charge in [0.2, 0.25) is 0 Å². The van der Waals surface area contributed by atoms with Crippen LogP contribution in [-0.4, -0.2) is 20.9 Å². The maximum atomic E-state index is 12.7. The second-order valence-electron chi connectivity index (χ2n) is 8.61. The number of urea groups is 1. The van der Waals surface area contributed by atoms with E-state index < -0.39 is 6.03 Å². The second kappa shape index (κ2) is 9.08. The molecule has 168 valence electrons. The molecule has 2 amide bonds. The number of carbonyl (C=O) groups is 1. The molecule has 0 fully saturated rings. The van der Waals surface area contributed by atoms with E-state index in [1.807, 2.05) is 36.4 Å². The van der Waals surface area contributed by atoms with Gasteiger partial charge in [-0.05, 0) is 60.7 Å². The summed E-state index contributed by atoms with van der Waals surface area (Å²) in [5.41, 5.74) is 1.97. The number of aromatic hydroxyl groups is 1. The van der Waals surface area contributed by atoms with Crippen LogP contribution in [0.3, 0.4) is 0 Å². The lowest BCUT2D eigenvalue weighted by atomic mass is 9.92. The van der Waals surface area contributed by atoms with E-state index in [1.165, 1.54) is 0 Å². The fourth-order valence-electron chi connectivity index (χ4n) is 3.14. The molecule has 0 aliphatic carbocycles. The predicted molar refractivity (Wildman–Crippen MR) is 130 cm³/mol. The molecule has 0 spiro atoms. The van der Waals surface area contributed by atoms with Gasteiger partial charge in [-0.1, -0.05) is 39.0 Å². The van der Waals surface area contributed by atoms with E-state index in [-0.39, 0.29) is 11.2 Å². The molecule has 0 atom stereocenters. The number of anilines is 2. The summed E-state index contributed by atoms with van der Waals surface area (Å²) in [5.74, 6) is 2.10. The first-order valence-electron chi connectivity index (χ1n) is 10.6. The molecule has 0 aliphatic rings. The van der Waals surface area contributed by atoms with Crippen molar-refractivity contribution in [3.63, 3.8) is 0 Å². The highest BCUT2D eigenvalue weighted by Gasteiger charge is 2.21. The summed E-state index contributed by atoms with van der Waals surface area (Å²) >= 11 is 0. The molecular weight excluding hydrogens is 416 g/mol. The molecule has 3 aromatic carbocycles. The van der Waals surface area contributed by atoms with Gasteiger partial charge >= 0.3 is 6.03 Å². The quantitative estimate of drug-likeness (QED) is 0.338. The van der Waals surface area contributed by atoms with Crippen LogP contribution < -0.4 is 15.4 Å². The van der Waals surface area contributed by atoms with E-state index in [1.54, 1.807) is 53.2 Å². The molecule has 1 heterocycles. The largest absolute Gasteiger partial charge is 0.508 e. The van der Waals surface area contributed by atoms with Crippen LogP contribution in [0.4, 0.5) is 16.3 Å². The Balaban J connectivity index is 1.48. The van der Waals surface area contributed by atoms with Crippen molar-refractivity contribution in [2.75, 3.05) is 10.6 Å². The minimum atomic E-state index is -0.396. The van der Waals surface area contributed by atoms with Crippen molar-refractivity contribution in [3.05, 3.63) is 90.6 Å². The average Bonchev–Trinajstić information content (AvgIpc) is 3.20. The van der Waals surface area contributed by atoms with Gasteiger partial charge in [-0.2, -0.15) is 5.10 Å². The molecule has 0 aliphatic heterocycles. The first-order valence-corrected chi connectivity index (χ1v) is 10.6. The molecule has 1 aromatic heterocycles. The summed E-state index contributed by atoms with van der Waals surface area (Å²) < 4.78 is 7.43. The van der Waals surface area contributed by atoms with E-state index in [2.05, 4.69) is 36.5 Å². The number of aromatic nitrogens is 2. The van der Waals surface area contributed by atoms with Gasteiger partial charge in [-0.25, -0.2) is 9.48 Å². The van der Waals surface area contributed by atoms with E-state index in [0.717, 1.165) is 17.1 Å². The van der Waals surface area contributed by atoms with Gasteiger partial charge in [0.05, 0.1) is 11.4 Å². The third-order valence-electron chi connectivity index (χ3n) is 4.90. The van der Waals surface area contributed by atoms with Crippen LogP contribution in [0, 0.1) is 0 Å². The number of hydrogen-bond acceptors (Lipinski definition) is 4. The number of benzene rings is 3. The van der Waals surface area contributed by atoms with Crippen molar-refractivity contribution in [2.24, 2.45) is 0 Å². The number of phenolic OH excluding ortho intramolecular Hbond substituents is 1. The summed E-state index contributed by atoms with van der Waals surface area (Å²) in [5, 5.41) is 20.0.